The van der Waals surface area contributed by atoms with Crippen molar-refractivity contribution in [3.05, 3.63) is 60.9 Å². The van der Waals surface area contributed by atoms with Crippen LogP contribution in [-0.2, 0) is 0 Å². The minimum atomic E-state index is 0.868. The fourth-order valence-electron chi connectivity index (χ4n) is 2.12. The molecule has 0 saturated heterocycles. The molecule has 2 heteroatoms. The highest BCUT2D eigenvalue weighted by molar-refractivity contribution is 5.95. The van der Waals surface area contributed by atoms with Gasteiger partial charge in [0.25, 0.3) is 0 Å². The van der Waals surface area contributed by atoms with Crippen LogP contribution in [0.1, 0.15) is 0 Å². The van der Waals surface area contributed by atoms with Crippen molar-refractivity contribution in [1.82, 2.24) is 4.98 Å². The Morgan fingerprint density at radius 1 is 0.889 bits per heavy atom. The van der Waals surface area contributed by atoms with Gasteiger partial charge in [0, 0.05) is 23.3 Å². The molecule has 0 aliphatic rings. The van der Waals surface area contributed by atoms with Crippen LogP contribution in [-0.4, -0.2) is 12.1 Å². The molecule has 88 valence electrons. The summed E-state index contributed by atoms with van der Waals surface area (Å²) in [6.45, 7) is 0. The maximum Gasteiger partial charge on any atom is 0.118 e. The lowest BCUT2D eigenvalue weighted by atomic mass is 10.0. The van der Waals surface area contributed by atoms with Gasteiger partial charge in [-0.15, -0.1) is 0 Å². The van der Waals surface area contributed by atoms with Crippen molar-refractivity contribution in [1.29, 1.82) is 0 Å². The van der Waals surface area contributed by atoms with Crippen molar-refractivity contribution < 1.29 is 4.74 Å². The minimum absolute atomic E-state index is 0.868. The van der Waals surface area contributed by atoms with E-state index in [-0.39, 0.29) is 0 Å². The lowest BCUT2D eigenvalue weighted by Crippen LogP contribution is -1.85. The highest BCUT2D eigenvalue weighted by atomic mass is 16.5. The third kappa shape index (κ3) is 1.82. The zero-order chi connectivity index (χ0) is 12.4. The van der Waals surface area contributed by atoms with Crippen molar-refractivity contribution in [2.24, 2.45) is 0 Å². The summed E-state index contributed by atoms with van der Waals surface area (Å²) in [5.41, 5.74) is 2.30. The standard InChI is InChI=1S/C16H13NO/c1-18-14-8-6-12(7-9-14)16-11-17-10-13-4-2-3-5-15(13)16/h2-11H,1H3. The molecule has 3 rings (SSSR count). The molecule has 0 fully saturated rings. The quantitative estimate of drug-likeness (QED) is 0.671. The van der Waals surface area contributed by atoms with E-state index in [0.717, 1.165) is 22.3 Å². The van der Waals surface area contributed by atoms with Crippen molar-refractivity contribution >= 4 is 10.8 Å². The SMILES string of the molecule is COc1ccc(-c2cncc3ccccc23)cc1. The van der Waals surface area contributed by atoms with Gasteiger partial charge in [-0.25, -0.2) is 0 Å². The predicted molar refractivity (Wildman–Crippen MR) is 73.7 cm³/mol. The lowest BCUT2D eigenvalue weighted by Gasteiger charge is -2.07. The molecule has 0 saturated carbocycles. The lowest BCUT2D eigenvalue weighted by molar-refractivity contribution is 0.415. The van der Waals surface area contributed by atoms with Gasteiger partial charge in [-0.2, -0.15) is 0 Å². The number of hydrogen-bond donors (Lipinski definition) is 0. The Labute approximate surface area is 106 Å². The molecule has 0 aliphatic heterocycles. The zero-order valence-corrected chi connectivity index (χ0v) is 10.1. The maximum atomic E-state index is 5.18. The Kier molecular flexibility index (Phi) is 2.69. The molecule has 0 bridgehead atoms. The number of rotatable bonds is 2. The van der Waals surface area contributed by atoms with Gasteiger partial charge in [0.1, 0.15) is 5.75 Å². The number of aromatic nitrogens is 1. The van der Waals surface area contributed by atoms with E-state index in [2.05, 4.69) is 35.3 Å². The Morgan fingerprint density at radius 2 is 1.67 bits per heavy atom. The first-order valence-electron chi connectivity index (χ1n) is 5.85. The second kappa shape index (κ2) is 4.49. The second-order valence-electron chi connectivity index (χ2n) is 4.14. The molecule has 1 aromatic heterocycles. The topological polar surface area (TPSA) is 22.1 Å². The smallest absolute Gasteiger partial charge is 0.118 e. The number of nitrogens with zero attached hydrogens (tertiary/aromatic N) is 1. The monoisotopic (exact) mass is 235 g/mol. The van der Waals surface area contributed by atoms with Crippen molar-refractivity contribution in [3.8, 4) is 16.9 Å². The molecule has 3 aromatic rings. The van der Waals surface area contributed by atoms with Crippen LogP contribution < -0.4 is 4.74 Å². The van der Waals surface area contributed by atoms with Gasteiger partial charge in [-0.3, -0.25) is 4.98 Å². The van der Waals surface area contributed by atoms with E-state index in [4.69, 9.17) is 4.74 Å². The Morgan fingerprint density at radius 3 is 2.44 bits per heavy atom. The second-order valence-corrected chi connectivity index (χ2v) is 4.14. The molecule has 0 aliphatic carbocycles. The van der Waals surface area contributed by atoms with E-state index in [0.29, 0.717) is 0 Å². The highest BCUT2D eigenvalue weighted by Gasteiger charge is 2.03. The number of benzene rings is 2. The van der Waals surface area contributed by atoms with Crippen LogP contribution in [0.2, 0.25) is 0 Å². The zero-order valence-electron chi connectivity index (χ0n) is 10.1. The molecule has 0 spiro atoms. The number of fused-ring (bicyclic) bond motifs is 1. The Balaban J connectivity index is 2.18. The van der Waals surface area contributed by atoms with Crippen LogP contribution in [0.25, 0.3) is 21.9 Å². The predicted octanol–water partition coefficient (Wildman–Crippen LogP) is 3.91. The summed E-state index contributed by atoms with van der Waals surface area (Å²) < 4.78 is 5.18. The van der Waals surface area contributed by atoms with Crippen LogP contribution in [0.4, 0.5) is 0 Å². The fourth-order valence-corrected chi connectivity index (χ4v) is 2.12. The van der Waals surface area contributed by atoms with Crippen molar-refractivity contribution in [3.63, 3.8) is 0 Å². The molecule has 2 aromatic carbocycles. The highest BCUT2D eigenvalue weighted by Crippen LogP contribution is 2.28. The van der Waals surface area contributed by atoms with E-state index >= 15 is 0 Å². The summed E-state index contributed by atoms with van der Waals surface area (Å²) in [6, 6.07) is 16.3. The average Bonchev–Trinajstić information content (AvgIpc) is 2.47. The van der Waals surface area contributed by atoms with Gasteiger partial charge in [-0.1, -0.05) is 36.4 Å². The Hall–Kier alpha value is -2.35. The van der Waals surface area contributed by atoms with E-state index in [9.17, 15) is 0 Å². The normalized spacial score (nSPS) is 10.5. The first-order chi connectivity index (χ1) is 8.88. The third-order valence-corrected chi connectivity index (χ3v) is 3.07. The summed E-state index contributed by atoms with van der Waals surface area (Å²) in [5.74, 6) is 0.868. The van der Waals surface area contributed by atoms with Crippen LogP contribution >= 0.6 is 0 Å². The van der Waals surface area contributed by atoms with Gasteiger partial charge in [0.15, 0.2) is 0 Å². The Bertz CT molecular complexity index is 669. The number of hydrogen-bond acceptors (Lipinski definition) is 2. The summed E-state index contributed by atoms with van der Waals surface area (Å²) in [4.78, 5) is 4.30. The number of methoxy groups -OCH3 is 1. The van der Waals surface area contributed by atoms with Gasteiger partial charge >= 0.3 is 0 Å². The molecule has 0 N–H and O–H groups in total. The van der Waals surface area contributed by atoms with Crippen LogP contribution in [0.3, 0.4) is 0 Å². The van der Waals surface area contributed by atoms with Crippen molar-refractivity contribution in [2.45, 2.75) is 0 Å². The molecular weight excluding hydrogens is 222 g/mol. The van der Waals surface area contributed by atoms with E-state index in [1.807, 2.05) is 30.6 Å². The molecule has 2 nitrogen and oxygen atoms in total. The van der Waals surface area contributed by atoms with Crippen molar-refractivity contribution in [2.75, 3.05) is 7.11 Å². The average molecular weight is 235 g/mol. The number of ether oxygens (including phenoxy) is 1. The first kappa shape index (κ1) is 10.8. The maximum absolute atomic E-state index is 5.18. The van der Waals surface area contributed by atoms with Gasteiger partial charge in [-0.05, 0) is 23.1 Å². The number of pyridine rings is 1. The summed E-state index contributed by atoms with van der Waals surface area (Å²) >= 11 is 0. The summed E-state index contributed by atoms with van der Waals surface area (Å²) in [7, 11) is 1.68. The summed E-state index contributed by atoms with van der Waals surface area (Å²) in [6.07, 6.45) is 3.80. The molecule has 0 amide bonds. The van der Waals surface area contributed by atoms with Gasteiger partial charge in [0.2, 0.25) is 0 Å². The molecule has 0 unspecified atom stereocenters. The van der Waals surface area contributed by atoms with E-state index in [1.54, 1.807) is 7.11 Å². The molecule has 1 heterocycles. The van der Waals surface area contributed by atoms with E-state index in [1.165, 1.54) is 5.39 Å². The van der Waals surface area contributed by atoms with Crippen LogP contribution in [0, 0.1) is 0 Å². The molecule has 0 radical (unpaired) electrons. The van der Waals surface area contributed by atoms with Gasteiger partial charge in [0.05, 0.1) is 7.11 Å². The summed E-state index contributed by atoms with van der Waals surface area (Å²) in [5, 5.41) is 2.38. The van der Waals surface area contributed by atoms with E-state index < -0.39 is 0 Å². The fraction of sp³-hybridized carbons (Fsp3) is 0.0625. The molecular formula is C16H13NO. The minimum Gasteiger partial charge on any atom is -0.497 e. The largest absolute Gasteiger partial charge is 0.497 e. The van der Waals surface area contributed by atoms with Gasteiger partial charge < -0.3 is 4.74 Å². The van der Waals surface area contributed by atoms with Crippen LogP contribution in [0.15, 0.2) is 60.9 Å². The molecule has 18 heavy (non-hydrogen) atoms. The van der Waals surface area contributed by atoms with Crippen LogP contribution in [0.5, 0.6) is 5.75 Å². The molecule has 0 atom stereocenters. The third-order valence-electron chi connectivity index (χ3n) is 3.07. The first-order valence-corrected chi connectivity index (χ1v) is 5.85.